The lowest BCUT2D eigenvalue weighted by Crippen LogP contribution is -2.32. The van der Waals surface area contributed by atoms with Crippen LogP contribution in [0, 0.1) is 0 Å². The molecule has 46 valence electrons. The molecule has 0 spiro atoms. The second-order valence-corrected chi connectivity index (χ2v) is 1.51. The highest BCUT2D eigenvalue weighted by Crippen LogP contribution is 1.77. The Morgan fingerprint density at radius 2 is 2.50 bits per heavy atom. The van der Waals surface area contributed by atoms with Crippen molar-refractivity contribution in [3.63, 3.8) is 0 Å². The van der Waals surface area contributed by atoms with Crippen molar-refractivity contribution in [3.05, 3.63) is 0 Å². The van der Waals surface area contributed by atoms with E-state index in [1.807, 2.05) is 0 Å². The lowest BCUT2D eigenvalue weighted by atomic mass is 10.3. The number of rotatable bonds is 3. The highest BCUT2D eigenvalue weighted by Gasteiger charge is 2.08. The number of hydrogen-bond acceptors (Lipinski definition) is 4. The first kappa shape index (κ1) is 7.45. The summed E-state index contributed by atoms with van der Waals surface area (Å²) in [4.78, 5) is 9.86. The Balaban J connectivity index is 3.46. The Labute approximate surface area is 51.9 Å². The minimum absolute atomic E-state index is 0.00463. The van der Waals surface area contributed by atoms with Crippen LogP contribution in [0.1, 0.15) is 0 Å². The van der Waals surface area contributed by atoms with Crippen LogP contribution >= 0.6 is 0 Å². The number of aliphatic carboxylic acids is 1. The fraction of sp³-hybridized carbons (Fsp3) is 0.667. The van der Waals surface area contributed by atoms with E-state index < -0.39 is 12.0 Å². The average Bonchev–Trinajstić information content (AvgIpc) is 1.67. The van der Waals surface area contributed by atoms with Gasteiger partial charge < -0.3 is 10.8 Å². The molecule has 0 rings (SSSR count). The molecule has 0 amide bonds. The molecule has 0 aromatic rings. The van der Waals surface area contributed by atoms with Crippen molar-refractivity contribution in [2.45, 2.75) is 6.04 Å². The molecular formula is C3H6N2O2S. The van der Waals surface area contributed by atoms with E-state index in [1.54, 1.807) is 0 Å². The number of nitrogens with zero attached hydrogens (tertiary/aromatic N) is 1. The van der Waals surface area contributed by atoms with Crippen molar-refractivity contribution in [3.8, 4) is 0 Å². The molecule has 5 heteroatoms. The van der Waals surface area contributed by atoms with Crippen molar-refractivity contribution >= 4 is 18.4 Å². The Morgan fingerprint density at radius 3 is 2.62 bits per heavy atom. The van der Waals surface area contributed by atoms with Crippen molar-refractivity contribution in [2.75, 3.05) is 6.54 Å². The SMILES string of the molecule is NC(CN=S)C(=O)O. The molecule has 0 saturated heterocycles. The first-order valence-corrected chi connectivity index (χ1v) is 2.32. The van der Waals surface area contributed by atoms with Gasteiger partial charge in [-0.1, -0.05) is 0 Å². The van der Waals surface area contributed by atoms with Gasteiger partial charge in [0.2, 0.25) is 0 Å². The number of carbonyl (C=O) groups is 1. The summed E-state index contributed by atoms with van der Waals surface area (Å²) in [7, 11) is 0. The monoisotopic (exact) mass is 134 g/mol. The van der Waals surface area contributed by atoms with E-state index in [0.29, 0.717) is 0 Å². The summed E-state index contributed by atoms with van der Waals surface area (Å²) in [5.74, 6) is -1.07. The molecule has 0 aromatic heterocycles. The maximum absolute atomic E-state index is 9.86. The van der Waals surface area contributed by atoms with Gasteiger partial charge in [0.25, 0.3) is 0 Å². The van der Waals surface area contributed by atoms with Gasteiger partial charge in [0, 0.05) is 12.4 Å². The van der Waals surface area contributed by atoms with Crippen molar-refractivity contribution < 1.29 is 9.90 Å². The van der Waals surface area contributed by atoms with Crippen LogP contribution in [0.5, 0.6) is 0 Å². The van der Waals surface area contributed by atoms with Crippen molar-refractivity contribution in [2.24, 2.45) is 10.1 Å². The highest BCUT2D eigenvalue weighted by atomic mass is 32.1. The van der Waals surface area contributed by atoms with Gasteiger partial charge in [-0.3, -0.25) is 4.79 Å². The fourth-order valence-electron chi connectivity index (χ4n) is 0.158. The largest absolute Gasteiger partial charge is 0.480 e. The number of carboxylic acids is 1. The summed E-state index contributed by atoms with van der Waals surface area (Å²) in [6, 6.07) is -0.938. The van der Waals surface area contributed by atoms with Crippen LogP contribution in [-0.4, -0.2) is 23.7 Å². The first-order chi connectivity index (χ1) is 3.68. The molecule has 0 radical (unpaired) electrons. The van der Waals surface area contributed by atoms with Gasteiger partial charge in [-0.25, -0.2) is 4.36 Å². The Bertz CT molecular complexity index is 105. The van der Waals surface area contributed by atoms with Crippen molar-refractivity contribution in [1.29, 1.82) is 0 Å². The zero-order chi connectivity index (χ0) is 6.57. The second-order valence-electron chi connectivity index (χ2n) is 1.26. The van der Waals surface area contributed by atoms with Crippen molar-refractivity contribution in [1.82, 2.24) is 0 Å². The molecule has 0 saturated carbocycles. The van der Waals surface area contributed by atoms with Gasteiger partial charge in [0.1, 0.15) is 6.04 Å². The van der Waals surface area contributed by atoms with E-state index in [0.717, 1.165) is 0 Å². The highest BCUT2D eigenvalue weighted by molar-refractivity contribution is 7.47. The van der Waals surface area contributed by atoms with Gasteiger partial charge in [-0.05, 0) is 0 Å². The third-order valence-corrected chi connectivity index (χ3v) is 0.738. The first-order valence-electron chi connectivity index (χ1n) is 1.96. The van der Waals surface area contributed by atoms with Crippen LogP contribution in [0.25, 0.3) is 0 Å². The standard InChI is InChI=1S/C3H6N2O2S/c4-2(1-5-8)3(6)7/h2H,1,4H2,(H,6,7). The molecule has 0 heterocycles. The molecule has 1 unspecified atom stereocenters. The minimum atomic E-state index is -1.07. The van der Waals surface area contributed by atoms with Gasteiger partial charge in [-0.15, -0.1) is 0 Å². The number of carboxylic acid groups (broad SMARTS) is 1. The molecule has 1 atom stereocenters. The van der Waals surface area contributed by atoms with Crippen LogP contribution < -0.4 is 5.73 Å². The summed E-state index contributed by atoms with van der Waals surface area (Å²) in [5.41, 5.74) is 4.97. The van der Waals surface area contributed by atoms with Gasteiger partial charge in [-0.2, -0.15) is 0 Å². The molecular weight excluding hydrogens is 128 g/mol. The summed E-state index contributed by atoms with van der Waals surface area (Å²) in [6.45, 7) is 0.00463. The zero-order valence-corrected chi connectivity index (χ0v) is 4.89. The lowest BCUT2D eigenvalue weighted by Gasteiger charge is -1.96. The van der Waals surface area contributed by atoms with Crippen LogP contribution in [0.4, 0.5) is 0 Å². The molecule has 0 fully saturated rings. The van der Waals surface area contributed by atoms with Gasteiger partial charge in [0.15, 0.2) is 0 Å². The van der Waals surface area contributed by atoms with Crippen LogP contribution in [0.3, 0.4) is 0 Å². The maximum Gasteiger partial charge on any atom is 0.322 e. The van der Waals surface area contributed by atoms with E-state index in [9.17, 15) is 4.79 Å². The van der Waals surface area contributed by atoms with E-state index in [2.05, 4.69) is 16.8 Å². The molecule has 3 N–H and O–H groups in total. The summed E-state index contributed by atoms with van der Waals surface area (Å²) in [5, 5.41) is 8.08. The number of nitrogens with two attached hydrogens (primary N) is 1. The second kappa shape index (κ2) is 3.45. The third kappa shape index (κ3) is 2.59. The maximum atomic E-state index is 9.86. The smallest absolute Gasteiger partial charge is 0.322 e. The molecule has 0 aliphatic carbocycles. The molecule has 0 bridgehead atoms. The van der Waals surface area contributed by atoms with E-state index in [4.69, 9.17) is 10.8 Å². The molecule has 0 aliphatic heterocycles. The quantitative estimate of drug-likeness (QED) is 0.526. The predicted molar refractivity (Wildman–Crippen MR) is 30.3 cm³/mol. The number of hydrogen-bond donors (Lipinski definition) is 2. The van der Waals surface area contributed by atoms with Crippen LogP contribution in [0.2, 0.25) is 0 Å². The summed E-state index contributed by atoms with van der Waals surface area (Å²) < 4.78 is 3.13. The zero-order valence-electron chi connectivity index (χ0n) is 4.07. The predicted octanol–water partition coefficient (Wildman–Crippen LogP) is -0.871. The molecule has 0 aromatic carbocycles. The summed E-state index contributed by atoms with van der Waals surface area (Å²) >= 11 is 4.13. The van der Waals surface area contributed by atoms with Crippen LogP contribution in [-0.2, 0) is 17.2 Å². The summed E-state index contributed by atoms with van der Waals surface area (Å²) in [6.07, 6.45) is 0. The topological polar surface area (TPSA) is 75.7 Å². The Morgan fingerprint density at radius 1 is 2.00 bits per heavy atom. The molecule has 0 aliphatic rings. The lowest BCUT2D eigenvalue weighted by molar-refractivity contribution is -0.138. The Hall–Kier alpha value is -0.550. The Kier molecular flexibility index (Phi) is 3.21. The minimum Gasteiger partial charge on any atom is -0.480 e. The average molecular weight is 134 g/mol. The molecule has 4 nitrogen and oxygen atoms in total. The third-order valence-electron chi connectivity index (χ3n) is 0.588. The fourth-order valence-corrected chi connectivity index (χ4v) is 0.319. The van der Waals surface area contributed by atoms with E-state index in [1.165, 1.54) is 0 Å². The van der Waals surface area contributed by atoms with Crippen LogP contribution in [0.15, 0.2) is 4.36 Å². The van der Waals surface area contributed by atoms with Gasteiger partial charge >= 0.3 is 5.97 Å². The van der Waals surface area contributed by atoms with E-state index >= 15 is 0 Å². The normalized spacial score (nSPS) is 12.6. The van der Waals surface area contributed by atoms with Gasteiger partial charge in [0.05, 0.1) is 6.54 Å². The molecule has 8 heavy (non-hydrogen) atoms. The van der Waals surface area contributed by atoms with E-state index in [-0.39, 0.29) is 6.54 Å².